The van der Waals surface area contributed by atoms with Crippen molar-refractivity contribution in [1.82, 2.24) is 10.2 Å². The van der Waals surface area contributed by atoms with E-state index in [1.165, 1.54) is 11.8 Å². The average molecular weight is 321 g/mol. The molecule has 7 nitrogen and oxygen atoms in total. The molecule has 0 radical (unpaired) electrons. The summed E-state index contributed by atoms with van der Waals surface area (Å²) in [5.41, 5.74) is -2.01. The minimum Gasteiger partial charge on any atom is -0.448 e. The van der Waals surface area contributed by atoms with Crippen molar-refractivity contribution in [3.8, 4) is 0 Å². The van der Waals surface area contributed by atoms with Gasteiger partial charge in [-0.25, -0.2) is 9.59 Å². The molecule has 0 saturated carbocycles. The molecule has 0 spiro atoms. The number of likely N-dealkylation sites (tertiary alicyclic amines) is 1. The van der Waals surface area contributed by atoms with Crippen molar-refractivity contribution in [1.29, 1.82) is 0 Å². The number of nitrogens with one attached hydrogen (secondary N) is 1. The number of amides is 2. The van der Waals surface area contributed by atoms with E-state index in [1.807, 2.05) is 0 Å². The van der Waals surface area contributed by atoms with Crippen molar-refractivity contribution in [2.45, 2.75) is 45.3 Å². The largest absolute Gasteiger partial charge is 0.448 e. The summed E-state index contributed by atoms with van der Waals surface area (Å²) in [5, 5.41) is 2.53. The van der Waals surface area contributed by atoms with Crippen molar-refractivity contribution >= 4 is 29.6 Å². The predicted octanol–water partition coefficient (Wildman–Crippen LogP) is 1.24. The fourth-order valence-electron chi connectivity index (χ4n) is 2.08. The highest BCUT2D eigenvalue weighted by molar-refractivity contribution is 6.17. The van der Waals surface area contributed by atoms with E-state index in [1.54, 1.807) is 20.8 Å². The van der Waals surface area contributed by atoms with Crippen LogP contribution in [0.5, 0.6) is 0 Å². The topological polar surface area (TPSA) is 84.9 Å². The van der Waals surface area contributed by atoms with Crippen LogP contribution in [0.25, 0.3) is 0 Å². The summed E-state index contributed by atoms with van der Waals surface area (Å²) in [6.07, 6.45) is -0.485. The Bertz CT molecular complexity index is 435. The normalized spacial score (nSPS) is 21.9. The number of esters is 1. The molecule has 2 amide bonds. The summed E-state index contributed by atoms with van der Waals surface area (Å²) in [7, 11) is 0. The number of hydrogen-bond donors (Lipinski definition) is 1. The molecule has 21 heavy (non-hydrogen) atoms. The van der Waals surface area contributed by atoms with E-state index in [4.69, 9.17) is 21.1 Å². The maximum absolute atomic E-state index is 12.1. The predicted molar refractivity (Wildman–Crippen MR) is 75.8 cm³/mol. The van der Waals surface area contributed by atoms with Gasteiger partial charge in [-0.3, -0.25) is 4.79 Å². The highest BCUT2D eigenvalue weighted by Crippen LogP contribution is 2.24. The zero-order valence-electron chi connectivity index (χ0n) is 12.7. The van der Waals surface area contributed by atoms with E-state index < -0.39 is 23.2 Å². The lowest BCUT2D eigenvalue weighted by molar-refractivity contribution is -0.149. The molecule has 0 aliphatic carbocycles. The second-order valence-corrected chi connectivity index (χ2v) is 6.16. The fraction of sp³-hybridized carbons (Fsp3) is 0.769. The third-order valence-corrected chi connectivity index (χ3v) is 3.14. The average Bonchev–Trinajstić information content (AvgIpc) is 2.72. The summed E-state index contributed by atoms with van der Waals surface area (Å²) in [5.74, 6) is -0.853. The maximum Gasteiger partial charge on any atom is 0.408 e. The van der Waals surface area contributed by atoms with Crippen molar-refractivity contribution in [3.05, 3.63) is 0 Å². The molecule has 8 heteroatoms. The number of alkyl carbamates (subject to hydrolysis) is 1. The van der Waals surface area contributed by atoms with Crippen LogP contribution < -0.4 is 5.32 Å². The summed E-state index contributed by atoms with van der Waals surface area (Å²) < 4.78 is 9.96. The lowest BCUT2D eigenvalue weighted by Crippen LogP contribution is -2.58. The van der Waals surface area contributed by atoms with Gasteiger partial charge in [0.25, 0.3) is 0 Å². The molecule has 1 saturated heterocycles. The Balaban J connectivity index is 2.87. The minimum atomic E-state index is -1.32. The third kappa shape index (κ3) is 4.77. The fourth-order valence-corrected chi connectivity index (χ4v) is 2.18. The van der Waals surface area contributed by atoms with E-state index >= 15 is 0 Å². The molecule has 1 atom stereocenters. The summed E-state index contributed by atoms with van der Waals surface area (Å²) in [6, 6.07) is -0.323. The van der Waals surface area contributed by atoms with Gasteiger partial charge < -0.3 is 19.7 Å². The first-order valence-corrected chi connectivity index (χ1v) is 7.13. The van der Waals surface area contributed by atoms with Gasteiger partial charge >= 0.3 is 12.1 Å². The lowest BCUT2D eigenvalue weighted by Gasteiger charge is -2.29. The van der Waals surface area contributed by atoms with Crippen LogP contribution in [0.4, 0.5) is 4.79 Å². The van der Waals surface area contributed by atoms with Gasteiger partial charge in [0.2, 0.25) is 5.91 Å². The van der Waals surface area contributed by atoms with Crippen molar-refractivity contribution in [3.63, 3.8) is 0 Å². The molecule has 1 aliphatic heterocycles. The quantitative estimate of drug-likeness (QED) is 0.624. The molecule has 0 aromatic rings. The standard InChI is InChI=1S/C13H21ClN2O5/c1-9(17)16-6-5-13(7-16,10(18)20-8-14)15-11(19)21-12(2,3)4/h5-8H2,1-4H3,(H,15,19). The van der Waals surface area contributed by atoms with Gasteiger partial charge in [0.15, 0.2) is 11.6 Å². The Hall–Kier alpha value is -1.50. The van der Waals surface area contributed by atoms with Crippen LogP contribution in [0, 0.1) is 0 Å². The van der Waals surface area contributed by atoms with Crippen molar-refractivity contribution in [2.24, 2.45) is 0 Å². The van der Waals surface area contributed by atoms with Crippen LogP contribution in [-0.2, 0) is 19.1 Å². The maximum atomic E-state index is 12.1. The van der Waals surface area contributed by atoms with Crippen LogP contribution in [0.2, 0.25) is 0 Å². The van der Waals surface area contributed by atoms with E-state index in [2.05, 4.69) is 5.32 Å². The van der Waals surface area contributed by atoms with Crippen LogP contribution >= 0.6 is 11.6 Å². The molecule has 1 N–H and O–H groups in total. The number of hydrogen-bond acceptors (Lipinski definition) is 5. The molecule has 1 rings (SSSR count). The van der Waals surface area contributed by atoms with Crippen LogP contribution in [-0.4, -0.2) is 53.2 Å². The SMILES string of the molecule is CC(=O)N1CCC(NC(=O)OC(C)(C)C)(C(=O)OCCl)C1. The Morgan fingerprint density at radius 3 is 2.38 bits per heavy atom. The first kappa shape index (κ1) is 17.6. The second-order valence-electron chi connectivity index (χ2n) is 5.94. The number of carbonyl (C=O) groups excluding carboxylic acids is 3. The van der Waals surface area contributed by atoms with Crippen molar-refractivity contribution < 1.29 is 23.9 Å². The smallest absolute Gasteiger partial charge is 0.408 e. The number of alkyl halides is 1. The molecule has 1 unspecified atom stereocenters. The Labute approximate surface area is 128 Å². The number of halogens is 1. The van der Waals surface area contributed by atoms with E-state index in [0.29, 0.717) is 6.54 Å². The van der Waals surface area contributed by atoms with Gasteiger partial charge in [-0.15, -0.1) is 0 Å². The molecule has 120 valence electrons. The molecule has 1 heterocycles. The van der Waals surface area contributed by atoms with E-state index in [0.717, 1.165) is 0 Å². The van der Waals surface area contributed by atoms with Crippen molar-refractivity contribution in [2.75, 3.05) is 19.2 Å². The first-order valence-electron chi connectivity index (χ1n) is 6.59. The minimum absolute atomic E-state index is 0.0390. The van der Waals surface area contributed by atoms with E-state index in [-0.39, 0.29) is 24.9 Å². The van der Waals surface area contributed by atoms with Gasteiger partial charge in [-0.2, -0.15) is 0 Å². The Morgan fingerprint density at radius 1 is 1.33 bits per heavy atom. The number of rotatable bonds is 3. The van der Waals surface area contributed by atoms with Gasteiger partial charge in [0.1, 0.15) is 5.60 Å². The first-order chi connectivity index (χ1) is 9.59. The summed E-state index contributed by atoms with van der Waals surface area (Å²) >= 11 is 5.41. The van der Waals surface area contributed by atoms with Crippen LogP contribution in [0.3, 0.4) is 0 Å². The highest BCUT2D eigenvalue weighted by Gasteiger charge is 2.48. The molecule has 1 fully saturated rings. The van der Waals surface area contributed by atoms with Gasteiger partial charge in [-0.05, 0) is 20.8 Å². The van der Waals surface area contributed by atoms with Gasteiger partial charge in [0.05, 0.1) is 6.54 Å². The highest BCUT2D eigenvalue weighted by atomic mass is 35.5. The molecule has 0 bridgehead atoms. The number of nitrogens with zero attached hydrogens (tertiary/aromatic N) is 1. The Kier molecular flexibility index (Phi) is 5.44. The summed E-state index contributed by atoms with van der Waals surface area (Å²) in [6.45, 7) is 6.93. The Morgan fingerprint density at radius 2 is 1.95 bits per heavy atom. The van der Waals surface area contributed by atoms with Gasteiger partial charge in [0, 0.05) is 19.9 Å². The zero-order chi connectivity index (χ0) is 16.3. The van der Waals surface area contributed by atoms with Gasteiger partial charge in [-0.1, -0.05) is 11.6 Å². The van der Waals surface area contributed by atoms with Crippen LogP contribution in [0.15, 0.2) is 0 Å². The zero-order valence-corrected chi connectivity index (χ0v) is 13.5. The summed E-state index contributed by atoms with van der Waals surface area (Å²) in [4.78, 5) is 36.9. The lowest BCUT2D eigenvalue weighted by atomic mass is 9.99. The molecule has 1 aliphatic rings. The monoisotopic (exact) mass is 320 g/mol. The molecular formula is C13H21ClN2O5. The second kappa shape index (κ2) is 6.51. The number of ether oxygens (including phenoxy) is 2. The molecule has 0 aromatic carbocycles. The molecule has 0 aromatic heterocycles. The molecular weight excluding hydrogens is 300 g/mol. The van der Waals surface area contributed by atoms with E-state index in [9.17, 15) is 14.4 Å². The number of carbonyl (C=O) groups is 3. The van der Waals surface area contributed by atoms with Crippen LogP contribution in [0.1, 0.15) is 34.1 Å². The third-order valence-electron chi connectivity index (χ3n) is 3.03.